The van der Waals surface area contributed by atoms with Crippen molar-refractivity contribution < 1.29 is 4.74 Å². The largest absolute Gasteiger partial charge is 0.379 e. The van der Waals surface area contributed by atoms with E-state index in [4.69, 9.17) is 4.74 Å². The second-order valence-corrected chi connectivity index (χ2v) is 6.26. The van der Waals surface area contributed by atoms with Gasteiger partial charge in [-0.2, -0.15) is 0 Å². The highest BCUT2D eigenvalue weighted by Crippen LogP contribution is 2.26. The van der Waals surface area contributed by atoms with Gasteiger partial charge in [-0.15, -0.1) is 5.10 Å². The van der Waals surface area contributed by atoms with E-state index < -0.39 is 0 Å². The first-order valence-corrected chi connectivity index (χ1v) is 6.51. The highest BCUT2D eigenvalue weighted by molar-refractivity contribution is 4.93. The summed E-state index contributed by atoms with van der Waals surface area (Å²) >= 11 is 0. The first-order chi connectivity index (χ1) is 8.41. The van der Waals surface area contributed by atoms with Crippen LogP contribution in [0.5, 0.6) is 0 Å². The third kappa shape index (κ3) is 3.05. The molecule has 2 heterocycles. The third-order valence-electron chi connectivity index (χ3n) is 3.24. The summed E-state index contributed by atoms with van der Waals surface area (Å²) in [5.41, 5.74) is -0.0581. The van der Waals surface area contributed by atoms with Crippen molar-refractivity contribution in [2.24, 2.45) is 0 Å². The number of rotatable bonds is 3. The summed E-state index contributed by atoms with van der Waals surface area (Å²) in [6.45, 7) is 10.7. The van der Waals surface area contributed by atoms with Crippen molar-refractivity contribution in [1.82, 2.24) is 25.5 Å². The summed E-state index contributed by atoms with van der Waals surface area (Å²) in [7, 11) is 0. The molecule has 1 aromatic heterocycles. The Kier molecular flexibility index (Phi) is 3.68. The van der Waals surface area contributed by atoms with Crippen molar-refractivity contribution in [3.05, 3.63) is 5.82 Å². The molecule has 18 heavy (non-hydrogen) atoms. The maximum absolute atomic E-state index is 5.57. The molecule has 0 aromatic carbocycles. The number of tetrazole rings is 1. The summed E-state index contributed by atoms with van der Waals surface area (Å²) < 4.78 is 7.49. The van der Waals surface area contributed by atoms with E-state index in [0.29, 0.717) is 13.2 Å². The number of aromatic nitrogens is 4. The van der Waals surface area contributed by atoms with Gasteiger partial charge in [-0.3, -0.25) is 0 Å². The Balaban J connectivity index is 2.11. The van der Waals surface area contributed by atoms with Crippen LogP contribution in [0.1, 0.15) is 46.4 Å². The molecule has 0 spiro atoms. The van der Waals surface area contributed by atoms with Crippen molar-refractivity contribution in [2.45, 2.75) is 58.2 Å². The standard InChI is InChI=1S/C12H23N5O/c1-11(2,3)13-8-10-14-15-16-17(10)12(4)6-5-7-18-9-12/h13H,5-9H2,1-4H3. The van der Waals surface area contributed by atoms with Crippen LogP contribution in [0.2, 0.25) is 0 Å². The second kappa shape index (κ2) is 4.93. The highest BCUT2D eigenvalue weighted by Gasteiger charge is 2.33. The summed E-state index contributed by atoms with van der Waals surface area (Å²) in [5, 5.41) is 15.5. The summed E-state index contributed by atoms with van der Waals surface area (Å²) in [6, 6.07) is 0. The number of nitrogens with zero attached hydrogens (tertiary/aromatic N) is 4. The van der Waals surface area contributed by atoms with Gasteiger partial charge in [0.15, 0.2) is 5.82 Å². The van der Waals surface area contributed by atoms with Gasteiger partial charge in [0.1, 0.15) is 0 Å². The van der Waals surface area contributed by atoms with Crippen LogP contribution in [-0.2, 0) is 16.8 Å². The van der Waals surface area contributed by atoms with Crippen LogP contribution >= 0.6 is 0 Å². The van der Waals surface area contributed by atoms with Crippen LogP contribution in [-0.4, -0.2) is 39.0 Å². The summed E-state index contributed by atoms with van der Waals surface area (Å²) in [5.74, 6) is 0.873. The lowest BCUT2D eigenvalue weighted by Gasteiger charge is -2.34. The maximum Gasteiger partial charge on any atom is 0.165 e. The van der Waals surface area contributed by atoms with Crippen LogP contribution in [0.3, 0.4) is 0 Å². The molecule has 1 atom stereocenters. The Morgan fingerprint density at radius 1 is 1.44 bits per heavy atom. The molecular weight excluding hydrogens is 230 g/mol. The number of ether oxygens (including phenoxy) is 1. The normalized spacial score (nSPS) is 25.3. The molecule has 0 bridgehead atoms. The van der Waals surface area contributed by atoms with Gasteiger partial charge in [-0.1, -0.05) is 0 Å². The van der Waals surface area contributed by atoms with Crippen molar-refractivity contribution in [3.63, 3.8) is 0 Å². The quantitative estimate of drug-likeness (QED) is 0.873. The van der Waals surface area contributed by atoms with E-state index >= 15 is 0 Å². The zero-order valence-electron chi connectivity index (χ0n) is 11.7. The Labute approximate surface area is 108 Å². The van der Waals surface area contributed by atoms with Gasteiger partial charge in [0.05, 0.1) is 18.7 Å². The van der Waals surface area contributed by atoms with Crippen molar-refractivity contribution in [3.8, 4) is 0 Å². The predicted molar refractivity (Wildman–Crippen MR) is 68.1 cm³/mol. The van der Waals surface area contributed by atoms with Crippen molar-refractivity contribution in [2.75, 3.05) is 13.2 Å². The Morgan fingerprint density at radius 2 is 2.22 bits per heavy atom. The molecule has 1 fully saturated rings. The molecule has 1 aliphatic heterocycles. The first-order valence-electron chi connectivity index (χ1n) is 6.51. The second-order valence-electron chi connectivity index (χ2n) is 6.26. The Hall–Kier alpha value is -1.01. The van der Waals surface area contributed by atoms with Crippen LogP contribution in [0.25, 0.3) is 0 Å². The molecule has 1 unspecified atom stereocenters. The molecule has 0 amide bonds. The molecule has 1 saturated heterocycles. The zero-order chi connectivity index (χ0) is 13.2. The van der Waals surface area contributed by atoms with Gasteiger partial charge in [0, 0.05) is 12.1 Å². The summed E-state index contributed by atoms with van der Waals surface area (Å²) in [6.07, 6.45) is 2.11. The van der Waals surface area contributed by atoms with E-state index in [0.717, 1.165) is 25.3 Å². The Morgan fingerprint density at radius 3 is 2.83 bits per heavy atom. The molecule has 0 aliphatic carbocycles. The minimum Gasteiger partial charge on any atom is -0.379 e. The average molecular weight is 253 g/mol. The lowest BCUT2D eigenvalue weighted by atomic mass is 9.95. The smallest absolute Gasteiger partial charge is 0.165 e. The molecule has 1 aromatic rings. The van der Waals surface area contributed by atoms with E-state index in [9.17, 15) is 0 Å². The van der Waals surface area contributed by atoms with Gasteiger partial charge in [-0.25, -0.2) is 4.68 Å². The maximum atomic E-state index is 5.57. The molecule has 2 rings (SSSR count). The lowest BCUT2D eigenvalue weighted by Crippen LogP contribution is -2.43. The average Bonchev–Trinajstić information content (AvgIpc) is 2.75. The van der Waals surface area contributed by atoms with E-state index in [1.165, 1.54) is 0 Å². The monoisotopic (exact) mass is 253 g/mol. The van der Waals surface area contributed by atoms with Crippen LogP contribution in [0.4, 0.5) is 0 Å². The minimum absolute atomic E-state index is 0.0563. The third-order valence-corrected chi connectivity index (χ3v) is 3.24. The van der Waals surface area contributed by atoms with Gasteiger partial charge in [-0.05, 0) is 51.0 Å². The molecule has 0 radical (unpaired) electrons. The highest BCUT2D eigenvalue weighted by atomic mass is 16.5. The minimum atomic E-state index is -0.114. The summed E-state index contributed by atoms with van der Waals surface area (Å²) in [4.78, 5) is 0. The van der Waals surface area contributed by atoms with Gasteiger partial charge < -0.3 is 10.1 Å². The fraction of sp³-hybridized carbons (Fsp3) is 0.917. The van der Waals surface area contributed by atoms with Crippen LogP contribution < -0.4 is 5.32 Å². The number of hydrogen-bond acceptors (Lipinski definition) is 5. The lowest BCUT2D eigenvalue weighted by molar-refractivity contribution is 0.000898. The fourth-order valence-electron chi connectivity index (χ4n) is 2.17. The topological polar surface area (TPSA) is 64.9 Å². The molecule has 6 heteroatoms. The Bertz CT molecular complexity index is 389. The van der Waals surface area contributed by atoms with Gasteiger partial charge in [0.2, 0.25) is 0 Å². The molecule has 1 aliphatic rings. The van der Waals surface area contributed by atoms with E-state index in [1.807, 2.05) is 4.68 Å². The first kappa shape index (κ1) is 13.4. The van der Waals surface area contributed by atoms with E-state index in [1.54, 1.807) is 0 Å². The van der Waals surface area contributed by atoms with E-state index in [-0.39, 0.29) is 11.1 Å². The van der Waals surface area contributed by atoms with Crippen molar-refractivity contribution >= 4 is 0 Å². The zero-order valence-corrected chi connectivity index (χ0v) is 11.7. The van der Waals surface area contributed by atoms with Crippen LogP contribution in [0.15, 0.2) is 0 Å². The van der Waals surface area contributed by atoms with Gasteiger partial charge >= 0.3 is 0 Å². The van der Waals surface area contributed by atoms with Crippen molar-refractivity contribution in [1.29, 1.82) is 0 Å². The predicted octanol–water partition coefficient (Wildman–Crippen LogP) is 1.09. The molecule has 6 nitrogen and oxygen atoms in total. The molecular formula is C12H23N5O. The molecule has 1 N–H and O–H groups in total. The number of hydrogen-bond donors (Lipinski definition) is 1. The number of nitrogens with one attached hydrogen (secondary N) is 1. The molecule has 0 saturated carbocycles. The van der Waals surface area contributed by atoms with Crippen LogP contribution in [0, 0.1) is 0 Å². The molecule has 102 valence electrons. The van der Waals surface area contributed by atoms with E-state index in [2.05, 4.69) is 48.5 Å². The SMILES string of the molecule is CC(C)(C)NCc1nnnn1C1(C)CCCOC1. The fourth-order valence-corrected chi connectivity index (χ4v) is 2.17. The van der Waals surface area contributed by atoms with Gasteiger partial charge in [0.25, 0.3) is 0 Å².